The van der Waals surface area contributed by atoms with Crippen LogP contribution < -0.4 is 10.6 Å². The van der Waals surface area contributed by atoms with Gasteiger partial charge in [0.25, 0.3) is 5.91 Å². The van der Waals surface area contributed by atoms with E-state index >= 15 is 0 Å². The third-order valence-corrected chi connectivity index (χ3v) is 5.39. The van der Waals surface area contributed by atoms with Crippen LogP contribution in [0.3, 0.4) is 0 Å². The van der Waals surface area contributed by atoms with Crippen molar-refractivity contribution in [3.63, 3.8) is 0 Å². The van der Waals surface area contributed by atoms with Gasteiger partial charge in [0, 0.05) is 23.9 Å². The van der Waals surface area contributed by atoms with E-state index in [1.807, 2.05) is 0 Å². The van der Waals surface area contributed by atoms with Crippen molar-refractivity contribution in [1.82, 2.24) is 10.3 Å². The van der Waals surface area contributed by atoms with Crippen molar-refractivity contribution in [2.45, 2.75) is 31.4 Å². The van der Waals surface area contributed by atoms with E-state index in [-0.39, 0.29) is 10.7 Å². The van der Waals surface area contributed by atoms with Crippen LogP contribution in [0.15, 0.2) is 12.1 Å². The summed E-state index contributed by atoms with van der Waals surface area (Å²) in [5, 5.41) is 6.20. The molecule has 0 aliphatic rings. The Hall–Kier alpha value is -0.940. The highest BCUT2D eigenvalue weighted by Crippen LogP contribution is 2.29. The average Bonchev–Trinajstić information content (AvgIpc) is 2.48. The summed E-state index contributed by atoms with van der Waals surface area (Å²) in [6.45, 7) is 4.94. The lowest BCUT2D eigenvalue weighted by molar-refractivity contribution is 0.0949. The van der Waals surface area contributed by atoms with Crippen LogP contribution in [0.25, 0.3) is 0 Å². The summed E-state index contributed by atoms with van der Waals surface area (Å²) in [5.74, 6) is 0.468. The lowest BCUT2D eigenvalue weighted by Gasteiger charge is -2.29. The first-order valence-electron chi connectivity index (χ1n) is 6.69. The molecule has 1 aromatic heterocycles. The second-order valence-corrected chi connectivity index (χ2v) is 6.25. The molecule has 0 aliphatic carbocycles. The van der Waals surface area contributed by atoms with Gasteiger partial charge in [0.2, 0.25) is 0 Å². The number of hydrogen-bond acceptors (Lipinski definition) is 4. The van der Waals surface area contributed by atoms with Gasteiger partial charge in [-0.05, 0) is 31.2 Å². The number of carbonyl (C=O) groups is 1. The number of nitrogens with zero attached hydrogens (tertiary/aromatic N) is 1. The zero-order chi connectivity index (χ0) is 15.2. The molecule has 1 amide bonds. The predicted molar refractivity (Wildman–Crippen MR) is 88.0 cm³/mol. The molecule has 0 spiro atoms. The van der Waals surface area contributed by atoms with Gasteiger partial charge in [-0.15, -0.1) is 0 Å². The molecule has 0 atom stereocenters. The Bertz CT molecular complexity index is 455. The number of pyridine rings is 1. The van der Waals surface area contributed by atoms with E-state index in [0.717, 1.165) is 12.8 Å². The van der Waals surface area contributed by atoms with Crippen molar-refractivity contribution in [3.8, 4) is 0 Å². The minimum absolute atomic E-state index is 0.0956. The number of carbonyl (C=O) groups excluding carboxylic acids is 1. The van der Waals surface area contributed by atoms with E-state index in [1.54, 1.807) is 30.9 Å². The predicted octanol–water partition coefficient (Wildman–Crippen LogP) is 3.43. The second-order valence-electron chi connectivity index (χ2n) is 4.59. The first-order chi connectivity index (χ1) is 9.50. The van der Waals surface area contributed by atoms with E-state index in [0.29, 0.717) is 23.1 Å². The summed E-state index contributed by atoms with van der Waals surface area (Å²) in [7, 11) is 1.74. The lowest BCUT2D eigenvalue weighted by atomic mass is 10.0. The Morgan fingerprint density at radius 1 is 1.40 bits per heavy atom. The van der Waals surface area contributed by atoms with Crippen molar-refractivity contribution in [2.24, 2.45) is 0 Å². The smallest absolute Gasteiger partial charge is 0.251 e. The number of thioether (sulfide) groups is 1. The molecule has 0 fully saturated rings. The summed E-state index contributed by atoms with van der Waals surface area (Å²) in [4.78, 5) is 16.3. The maximum Gasteiger partial charge on any atom is 0.251 e. The van der Waals surface area contributed by atoms with E-state index < -0.39 is 0 Å². The first-order valence-corrected chi connectivity index (χ1v) is 8.29. The number of hydrogen-bond donors (Lipinski definition) is 2. The van der Waals surface area contributed by atoms with Gasteiger partial charge < -0.3 is 10.6 Å². The van der Waals surface area contributed by atoms with Gasteiger partial charge in [0.05, 0.1) is 0 Å². The fourth-order valence-electron chi connectivity index (χ4n) is 1.96. The minimum Gasteiger partial charge on any atom is -0.373 e. The molecule has 0 saturated heterocycles. The number of nitrogens with one attached hydrogen (secondary N) is 2. The van der Waals surface area contributed by atoms with Crippen molar-refractivity contribution in [2.75, 3.05) is 25.2 Å². The van der Waals surface area contributed by atoms with Crippen LogP contribution >= 0.6 is 23.4 Å². The number of amides is 1. The monoisotopic (exact) mass is 315 g/mol. The van der Waals surface area contributed by atoms with Gasteiger partial charge in [-0.3, -0.25) is 4.79 Å². The van der Waals surface area contributed by atoms with Crippen LogP contribution in [-0.4, -0.2) is 35.5 Å². The highest BCUT2D eigenvalue weighted by Gasteiger charge is 2.25. The summed E-state index contributed by atoms with van der Waals surface area (Å²) in [6.07, 6.45) is 4.12. The van der Waals surface area contributed by atoms with Gasteiger partial charge in [0.1, 0.15) is 11.0 Å². The van der Waals surface area contributed by atoms with E-state index in [4.69, 9.17) is 11.6 Å². The molecule has 1 rings (SSSR count). The molecule has 0 aromatic carbocycles. The summed E-state index contributed by atoms with van der Waals surface area (Å²) in [6, 6.07) is 3.27. The highest BCUT2D eigenvalue weighted by atomic mass is 35.5. The Labute approximate surface area is 130 Å². The van der Waals surface area contributed by atoms with Crippen LogP contribution in [0.4, 0.5) is 5.82 Å². The maximum absolute atomic E-state index is 12.2. The molecule has 1 aromatic rings. The van der Waals surface area contributed by atoms with Gasteiger partial charge in [-0.25, -0.2) is 4.98 Å². The van der Waals surface area contributed by atoms with Crippen LogP contribution in [0.5, 0.6) is 0 Å². The number of aromatic nitrogens is 1. The molecular formula is C14H22ClN3OS. The fraction of sp³-hybridized carbons (Fsp3) is 0.571. The molecule has 0 aliphatic heterocycles. The summed E-state index contributed by atoms with van der Waals surface area (Å²) >= 11 is 7.71. The van der Waals surface area contributed by atoms with Gasteiger partial charge >= 0.3 is 0 Å². The number of halogens is 1. The zero-order valence-electron chi connectivity index (χ0n) is 12.4. The van der Waals surface area contributed by atoms with Crippen molar-refractivity contribution in [1.29, 1.82) is 0 Å². The zero-order valence-corrected chi connectivity index (χ0v) is 14.0. The molecule has 0 bridgehead atoms. The minimum atomic E-state index is -0.119. The Morgan fingerprint density at radius 2 is 2.05 bits per heavy atom. The number of anilines is 1. The second kappa shape index (κ2) is 7.74. The molecule has 0 unspecified atom stereocenters. The molecule has 20 heavy (non-hydrogen) atoms. The third kappa shape index (κ3) is 4.28. The molecule has 4 nitrogen and oxygen atoms in total. The van der Waals surface area contributed by atoms with Crippen LogP contribution in [0.1, 0.15) is 37.0 Å². The van der Waals surface area contributed by atoms with E-state index in [9.17, 15) is 4.79 Å². The standard InChI is InChI=1S/C14H22ClN3OS/c1-5-14(6-2,20-4)9-17-13(19)10-7-11(15)18-12(8-10)16-3/h7-8H,5-6,9H2,1-4H3,(H,16,18)(H,17,19). The summed E-state index contributed by atoms with van der Waals surface area (Å²) < 4.78 is 0.0956. The first kappa shape index (κ1) is 17.1. The Balaban J connectivity index is 2.79. The lowest BCUT2D eigenvalue weighted by Crippen LogP contribution is -2.39. The molecule has 6 heteroatoms. The third-order valence-electron chi connectivity index (χ3n) is 3.61. The van der Waals surface area contributed by atoms with Gasteiger partial charge in [0.15, 0.2) is 0 Å². The molecule has 0 radical (unpaired) electrons. The normalized spacial score (nSPS) is 11.2. The van der Waals surface area contributed by atoms with Crippen molar-refractivity contribution in [3.05, 3.63) is 22.8 Å². The quantitative estimate of drug-likeness (QED) is 0.757. The van der Waals surface area contributed by atoms with Crippen LogP contribution in [-0.2, 0) is 0 Å². The molecule has 112 valence electrons. The summed E-state index contributed by atoms with van der Waals surface area (Å²) in [5.41, 5.74) is 0.525. The highest BCUT2D eigenvalue weighted by molar-refractivity contribution is 8.00. The molecule has 2 N–H and O–H groups in total. The Kier molecular flexibility index (Phi) is 6.62. The fourth-order valence-corrected chi connectivity index (χ4v) is 2.96. The molecule has 1 heterocycles. The van der Waals surface area contributed by atoms with Gasteiger partial charge in [-0.1, -0.05) is 25.4 Å². The SMILES string of the molecule is CCC(CC)(CNC(=O)c1cc(Cl)nc(NC)c1)SC. The average molecular weight is 316 g/mol. The maximum atomic E-state index is 12.2. The number of rotatable bonds is 7. The van der Waals surface area contributed by atoms with Crippen molar-refractivity contribution >= 4 is 35.1 Å². The van der Waals surface area contributed by atoms with Gasteiger partial charge in [-0.2, -0.15) is 11.8 Å². The van der Waals surface area contributed by atoms with Crippen LogP contribution in [0.2, 0.25) is 5.15 Å². The van der Waals surface area contributed by atoms with E-state index in [2.05, 4.69) is 35.7 Å². The topological polar surface area (TPSA) is 54.0 Å². The molecular weight excluding hydrogens is 294 g/mol. The van der Waals surface area contributed by atoms with Crippen molar-refractivity contribution < 1.29 is 4.79 Å². The van der Waals surface area contributed by atoms with Crippen LogP contribution in [0, 0.1) is 0 Å². The Morgan fingerprint density at radius 3 is 2.55 bits per heavy atom. The largest absolute Gasteiger partial charge is 0.373 e. The molecule has 0 saturated carbocycles. The van der Waals surface area contributed by atoms with E-state index in [1.165, 1.54) is 0 Å².